The number of carbonyl (C=O) groups excluding carboxylic acids is 1. The third-order valence-electron chi connectivity index (χ3n) is 4.01. The van der Waals surface area contributed by atoms with Crippen molar-refractivity contribution in [1.29, 1.82) is 0 Å². The van der Waals surface area contributed by atoms with E-state index in [1.807, 2.05) is 44.2 Å². The number of nitrogens with zero attached hydrogens (tertiary/aromatic N) is 1. The molecule has 3 aromatic rings. The summed E-state index contributed by atoms with van der Waals surface area (Å²) >= 11 is 15.4. The standard InChI is InChI=1S/C21H20Cl2N2O2S2/c1-3-27-17-7-5-16(6-8-17)25-20(26)12-28-21-24-13(2)19(29-21)11-14-10-15(22)4-9-18(14)23/h4-10H,3,11-12H2,1-2H3,(H,25,26). The number of aromatic nitrogens is 1. The smallest absolute Gasteiger partial charge is 0.234 e. The van der Waals surface area contributed by atoms with Gasteiger partial charge in [0.25, 0.3) is 0 Å². The largest absolute Gasteiger partial charge is 0.494 e. The quantitative estimate of drug-likeness (QED) is 0.386. The van der Waals surface area contributed by atoms with Crippen LogP contribution in [0.25, 0.3) is 0 Å². The molecule has 8 heteroatoms. The van der Waals surface area contributed by atoms with Gasteiger partial charge in [-0.05, 0) is 61.9 Å². The van der Waals surface area contributed by atoms with Crippen molar-refractivity contribution in [2.45, 2.75) is 24.6 Å². The van der Waals surface area contributed by atoms with Gasteiger partial charge in [-0.1, -0.05) is 35.0 Å². The van der Waals surface area contributed by atoms with Crippen LogP contribution in [0.4, 0.5) is 5.69 Å². The predicted octanol–water partition coefficient (Wildman–Crippen LogP) is 6.48. The van der Waals surface area contributed by atoms with Crippen molar-refractivity contribution in [1.82, 2.24) is 4.98 Å². The molecule has 1 N–H and O–H groups in total. The maximum absolute atomic E-state index is 12.2. The van der Waals surface area contributed by atoms with Gasteiger partial charge in [0.15, 0.2) is 4.34 Å². The Morgan fingerprint density at radius 1 is 1.21 bits per heavy atom. The molecule has 0 spiro atoms. The molecule has 0 aliphatic carbocycles. The lowest BCUT2D eigenvalue weighted by Gasteiger charge is -2.06. The van der Waals surface area contributed by atoms with E-state index in [1.54, 1.807) is 23.5 Å². The molecule has 29 heavy (non-hydrogen) atoms. The van der Waals surface area contributed by atoms with E-state index in [9.17, 15) is 4.79 Å². The lowest BCUT2D eigenvalue weighted by molar-refractivity contribution is -0.113. The number of benzene rings is 2. The first-order chi connectivity index (χ1) is 13.9. The summed E-state index contributed by atoms with van der Waals surface area (Å²) < 4.78 is 6.26. The van der Waals surface area contributed by atoms with Gasteiger partial charge in [0.2, 0.25) is 5.91 Å². The fourth-order valence-electron chi connectivity index (χ4n) is 2.60. The Balaban J connectivity index is 1.56. The van der Waals surface area contributed by atoms with Crippen molar-refractivity contribution in [3.63, 3.8) is 0 Å². The van der Waals surface area contributed by atoms with Gasteiger partial charge < -0.3 is 10.1 Å². The van der Waals surface area contributed by atoms with Crippen LogP contribution in [-0.2, 0) is 11.2 Å². The Hall–Kier alpha value is -1.73. The number of amides is 1. The Bertz CT molecular complexity index is 991. The molecule has 152 valence electrons. The summed E-state index contributed by atoms with van der Waals surface area (Å²) in [6.07, 6.45) is 0.668. The van der Waals surface area contributed by atoms with Crippen LogP contribution in [0, 0.1) is 6.92 Å². The fourth-order valence-corrected chi connectivity index (χ4v) is 5.04. The van der Waals surface area contributed by atoms with Crippen LogP contribution in [0.1, 0.15) is 23.1 Å². The van der Waals surface area contributed by atoms with Crippen LogP contribution in [0.15, 0.2) is 46.8 Å². The summed E-state index contributed by atoms with van der Waals surface area (Å²) in [7, 11) is 0. The van der Waals surface area contributed by atoms with Gasteiger partial charge in [-0.3, -0.25) is 4.79 Å². The van der Waals surface area contributed by atoms with Crippen LogP contribution in [0.3, 0.4) is 0 Å². The van der Waals surface area contributed by atoms with E-state index in [1.165, 1.54) is 11.8 Å². The van der Waals surface area contributed by atoms with Crippen LogP contribution in [0.2, 0.25) is 10.0 Å². The van der Waals surface area contributed by atoms with Crippen molar-refractivity contribution < 1.29 is 9.53 Å². The van der Waals surface area contributed by atoms with Crippen molar-refractivity contribution >= 4 is 57.9 Å². The highest BCUT2D eigenvalue weighted by atomic mass is 35.5. The van der Waals surface area contributed by atoms with E-state index in [0.717, 1.165) is 31.9 Å². The number of halogens is 2. The average molecular weight is 467 g/mol. The van der Waals surface area contributed by atoms with Gasteiger partial charge >= 0.3 is 0 Å². The molecule has 0 radical (unpaired) electrons. The van der Waals surface area contributed by atoms with Gasteiger partial charge in [0.05, 0.1) is 18.1 Å². The van der Waals surface area contributed by atoms with Crippen molar-refractivity contribution in [3.05, 3.63) is 68.6 Å². The molecule has 0 aliphatic heterocycles. The topological polar surface area (TPSA) is 51.2 Å². The Morgan fingerprint density at radius 2 is 1.97 bits per heavy atom. The zero-order valence-corrected chi connectivity index (χ0v) is 19.1. The molecular weight excluding hydrogens is 447 g/mol. The molecule has 0 bridgehead atoms. The predicted molar refractivity (Wildman–Crippen MR) is 123 cm³/mol. The van der Waals surface area contributed by atoms with E-state index in [-0.39, 0.29) is 11.7 Å². The SMILES string of the molecule is CCOc1ccc(NC(=O)CSc2nc(C)c(Cc3cc(Cl)ccc3Cl)s2)cc1. The molecule has 0 fully saturated rings. The number of anilines is 1. The van der Waals surface area contributed by atoms with E-state index in [0.29, 0.717) is 23.1 Å². The minimum absolute atomic E-state index is 0.0774. The molecule has 0 aliphatic rings. The average Bonchev–Trinajstić information content (AvgIpc) is 3.04. The Kier molecular flexibility index (Phi) is 7.84. The number of thiazole rings is 1. The monoisotopic (exact) mass is 466 g/mol. The Morgan fingerprint density at radius 3 is 2.69 bits per heavy atom. The summed E-state index contributed by atoms with van der Waals surface area (Å²) in [4.78, 5) is 17.9. The summed E-state index contributed by atoms with van der Waals surface area (Å²) in [5.74, 6) is 0.995. The molecule has 0 unspecified atom stereocenters. The number of aryl methyl sites for hydroxylation is 1. The van der Waals surface area contributed by atoms with E-state index in [4.69, 9.17) is 27.9 Å². The Labute approximate surface area is 188 Å². The number of hydrogen-bond acceptors (Lipinski definition) is 5. The third kappa shape index (κ3) is 6.37. The molecule has 0 saturated carbocycles. The highest BCUT2D eigenvalue weighted by Crippen LogP contribution is 2.31. The first-order valence-corrected chi connectivity index (χ1v) is 11.6. The molecule has 3 rings (SSSR count). The van der Waals surface area contributed by atoms with Crippen molar-refractivity contribution in [3.8, 4) is 5.75 Å². The summed E-state index contributed by atoms with van der Waals surface area (Å²) in [5, 5.41) is 4.23. The van der Waals surface area contributed by atoms with Gasteiger partial charge in [-0.2, -0.15) is 0 Å². The lowest BCUT2D eigenvalue weighted by Crippen LogP contribution is -2.13. The highest BCUT2D eigenvalue weighted by molar-refractivity contribution is 8.01. The summed E-state index contributed by atoms with van der Waals surface area (Å²) in [6, 6.07) is 12.8. The molecular formula is C21H20Cl2N2O2S2. The number of ether oxygens (including phenoxy) is 1. The maximum Gasteiger partial charge on any atom is 0.234 e. The first kappa shape index (κ1) is 22.0. The van der Waals surface area contributed by atoms with Crippen molar-refractivity contribution in [2.24, 2.45) is 0 Å². The molecule has 2 aromatic carbocycles. The lowest BCUT2D eigenvalue weighted by atomic mass is 10.1. The summed E-state index contributed by atoms with van der Waals surface area (Å²) in [6.45, 7) is 4.51. The molecule has 0 saturated heterocycles. The first-order valence-electron chi connectivity index (χ1n) is 9.00. The van der Waals surface area contributed by atoms with Gasteiger partial charge in [-0.25, -0.2) is 4.98 Å². The molecule has 4 nitrogen and oxygen atoms in total. The van der Waals surface area contributed by atoms with Gasteiger partial charge in [0, 0.05) is 27.0 Å². The second kappa shape index (κ2) is 10.3. The van der Waals surface area contributed by atoms with Crippen LogP contribution in [0.5, 0.6) is 5.75 Å². The molecule has 1 amide bonds. The number of rotatable bonds is 8. The van der Waals surface area contributed by atoms with E-state index >= 15 is 0 Å². The van der Waals surface area contributed by atoms with Gasteiger partial charge in [-0.15, -0.1) is 11.3 Å². The number of nitrogens with one attached hydrogen (secondary N) is 1. The molecule has 1 heterocycles. The van der Waals surface area contributed by atoms with Crippen LogP contribution < -0.4 is 10.1 Å². The van der Waals surface area contributed by atoms with E-state index in [2.05, 4.69) is 10.3 Å². The van der Waals surface area contributed by atoms with Crippen LogP contribution in [-0.4, -0.2) is 23.3 Å². The number of thioether (sulfide) groups is 1. The highest BCUT2D eigenvalue weighted by Gasteiger charge is 2.13. The van der Waals surface area contributed by atoms with E-state index < -0.39 is 0 Å². The minimum Gasteiger partial charge on any atom is -0.494 e. The van der Waals surface area contributed by atoms with Crippen LogP contribution >= 0.6 is 46.3 Å². The molecule has 1 aromatic heterocycles. The minimum atomic E-state index is -0.0774. The fraction of sp³-hybridized carbons (Fsp3) is 0.238. The second-order valence-electron chi connectivity index (χ2n) is 6.20. The van der Waals surface area contributed by atoms with Crippen molar-refractivity contribution in [2.75, 3.05) is 17.7 Å². The zero-order valence-electron chi connectivity index (χ0n) is 16.0. The second-order valence-corrected chi connectivity index (χ2v) is 9.34. The van der Waals surface area contributed by atoms with Gasteiger partial charge in [0.1, 0.15) is 5.75 Å². The third-order valence-corrected chi connectivity index (χ3v) is 6.91. The number of carbonyl (C=O) groups is 1. The zero-order chi connectivity index (χ0) is 20.8. The molecule has 0 atom stereocenters. The normalized spacial score (nSPS) is 10.8. The number of hydrogen-bond donors (Lipinski definition) is 1. The summed E-state index contributed by atoms with van der Waals surface area (Å²) in [5.41, 5.74) is 2.65. The maximum atomic E-state index is 12.2.